The van der Waals surface area contributed by atoms with Crippen molar-refractivity contribution >= 4 is 11.4 Å². The first-order valence-electron chi connectivity index (χ1n) is 15.2. The molecule has 240 valence electrons. The van der Waals surface area contributed by atoms with Crippen LogP contribution in [0.3, 0.4) is 0 Å². The van der Waals surface area contributed by atoms with Crippen LogP contribution in [0.2, 0.25) is 0 Å². The Morgan fingerprint density at radius 3 is 2.38 bits per heavy atom. The number of rotatable bonds is 10. The summed E-state index contributed by atoms with van der Waals surface area (Å²) in [5.41, 5.74) is 7.10. The third kappa shape index (κ3) is 6.79. The highest BCUT2D eigenvalue weighted by molar-refractivity contribution is 5.95. The molecule has 11 heteroatoms. The molecule has 3 aromatic carbocycles. The number of fused-ring (bicyclic) bond motifs is 1. The fourth-order valence-corrected chi connectivity index (χ4v) is 5.62. The van der Waals surface area contributed by atoms with Crippen molar-refractivity contribution in [3.63, 3.8) is 0 Å². The fourth-order valence-electron chi connectivity index (χ4n) is 5.62. The summed E-state index contributed by atoms with van der Waals surface area (Å²) in [6.07, 6.45) is -2.25. The number of aliphatic hydroxyl groups excluding tert-OH is 4. The monoisotopic (exact) mass is 634 g/mol. The Bertz CT molecular complexity index is 1920. The van der Waals surface area contributed by atoms with Gasteiger partial charge in [0.05, 0.1) is 23.9 Å². The van der Waals surface area contributed by atoms with E-state index in [2.05, 4.69) is 11.4 Å². The number of carbonyl (C=O) groups excluding carboxylic acids is 1. The first-order valence-corrected chi connectivity index (χ1v) is 15.2. The second-order valence-electron chi connectivity index (χ2n) is 11.4. The average molecular weight is 635 g/mol. The van der Waals surface area contributed by atoms with Crippen molar-refractivity contribution < 1.29 is 34.7 Å². The molecule has 0 saturated carbocycles. The molecule has 1 aliphatic heterocycles. The van der Waals surface area contributed by atoms with Crippen LogP contribution in [0.4, 0.5) is 0 Å². The Kier molecular flexibility index (Phi) is 9.42. The lowest BCUT2D eigenvalue weighted by molar-refractivity contribution is -0.236. The van der Waals surface area contributed by atoms with Gasteiger partial charge in [0.2, 0.25) is 0 Å². The fraction of sp³-hybridized carbons (Fsp3) is 0.250. The Labute approximate surface area is 270 Å². The summed E-state index contributed by atoms with van der Waals surface area (Å²) < 4.78 is 13.3. The van der Waals surface area contributed by atoms with Crippen molar-refractivity contribution in [2.24, 2.45) is 0 Å². The van der Waals surface area contributed by atoms with Gasteiger partial charge in [-0.05, 0) is 66.1 Å². The topological polar surface area (TPSA) is 170 Å². The molecule has 0 spiro atoms. The van der Waals surface area contributed by atoms with Gasteiger partial charge in [-0.3, -0.25) is 10.1 Å². The SMILES string of the molecule is CC(=O)c1ccc(-c2cc(-c3cccc(C#N)c3)cn3cc(-c4ccc(OCCNC5O[C@H](CO)[C@@H](O)[C@H](O)[C@H]5O)cc4)nc23)cc1. The molecule has 1 saturated heterocycles. The number of ketones is 1. The predicted molar refractivity (Wildman–Crippen MR) is 173 cm³/mol. The van der Waals surface area contributed by atoms with E-state index in [0.29, 0.717) is 16.9 Å². The summed E-state index contributed by atoms with van der Waals surface area (Å²) in [6, 6.07) is 26.6. The molecule has 5 N–H and O–H groups in total. The van der Waals surface area contributed by atoms with Crippen LogP contribution in [-0.4, -0.2) is 86.0 Å². The first kappa shape index (κ1) is 32.0. The van der Waals surface area contributed by atoms with Crippen molar-refractivity contribution in [3.05, 3.63) is 102 Å². The highest BCUT2D eigenvalue weighted by Gasteiger charge is 2.43. The third-order valence-corrected chi connectivity index (χ3v) is 8.24. The predicted octanol–water partition coefficient (Wildman–Crippen LogP) is 3.18. The molecule has 5 atom stereocenters. The first-order chi connectivity index (χ1) is 22.7. The zero-order valence-corrected chi connectivity index (χ0v) is 25.5. The van der Waals surface area contributed by atoms with Gasteiger partial charge in [-0.1, -0.05) is 36.4 Å². The van der Waals surface area contributed by atoms with E-state index in [1.54, 1.807) is 18.2 Å². The van der Waals surface area contributed by atoms with Gasteiger partial charge in [-0.15, -0.1) is 0 Å². The minimum atomic E-state index is -1.45. The summed E-state index contributed by atoms with van der Waals surface area (Å²) >= 11 is 0. The van der Waals surface area contributed by atoms with E-state index in [4.69, 9.17) is 14.5 Å². The summed E-state index contributed by atoms with van der Waals surface area (Å²) in [5, 5.41) is 51.8. The largest absolute Gasteiger partial charge is 0.492 e. The molecule has 1 unspecified atom stereocenters. The second-order valence-corrected chi connectivity index (χ2v) is 11.4. The number of aromatic nitrogens is 2. The maximum atomic E-state index is 11.9. The summed E-state index contributed by atoms with van der Waals surface area (Å²) in [4.78, 5) is 16.9. The normalized spacial score (nSPS) is 21.0. The lowest BCUT2D eigenvalue weighted by atomic mass is 9.98. The molecule has 1 fully saturated rings. The number of pyridine rings is 1. The number of Topliss-reactive ketones (excluding diaryl/α,β-unsaturated/α-hetero) is 1. The number of carbonyl (C=O) groups is 1. The Balaban J connectivity index is 1.21. The number of benzene rings is 3. The standard InChI is InChI=1S/C36H34N4O7/c1-21(42)23-5-7-24(8-6-23)29-16-27(26-4-2-3-22(15-26)17-37)18-40-19-30(39-35(29)40)25-9-11-28(12-10-25)46-14-13-38-36-34(45)33(44)32(43)31(20-41)47-36/h2-12,15-16,18-19,31-34,36,38,41,43-45H,13-14,20H2,1H3/t31-,32-,33+,34-,36?/m1/s1. The molecule has 0 radical (unpaired) electrons. The molecule has 6 rings (SSSR count). The van der Waals surface area contributed by atoms with E-state index in [1.165, 1.54) is 6.92 Å². The number of nitrogens with one attached hydrogen (secondary N) is 1. The van der Waals surface area contributed by atoms with Gasteiger partial charge in [-0.2, -0.15) is 5.26 Å². The van der Waals surface area contributed by atoms with Gasteiger partial charge in [-0.25, -0.2) is 4.98 Å². The Morgan fingerprint density at radius 2 is 1.68 bits per heavy atom. The van der Waals surface area contributed by atoms with Crippen molar-refractivity contribution in [2.45, 2.75) is 37.6 Å². The molecule has 47 heavy (non-hydrogen) atoms. The molecule has 3 heterocycles. The molecule has 0 bridgehead atoms. The Hall–Kier alpha value is -4.93. The lowest BCUT2D eigenvalue weighted by Gasteiger charge is -2.40. The van der Waals surface area contributed by atoms with Crippen LogP contribution in [0.25, 0.3) is 39.2 Å². The van der Waals surface area contributed by atoms with Crippen LogP contribution >= 0.6 is 0 Å². The molecular weight excluding hydrogens is 600 g/mol. The molecule has 2 aromatic heterocycles. The van der Waals surface area contributed by atoms with Crippen LogP contribution in [-0.2, 0) is 4.74 Å². The highest BCUT2D eigenvalue weighted by atomic mass is 16.6. The molecule has 1 aliphatic rings. The highest BCUT2D eigenvalue weighted by Crippen LogP contribution is 2.33. The van der Waals surface area contributed by atoms with Gasteiger partial charge in [0.1, 0.15) is 48.6 Å². The number of imidazole rings is 1. The van der Waals surface area contributed by atoms with Gasteiger partial charge in [0.25, 0.3) is 0 Å². The smallest absolute Gasteiger partial charge is 0.159 e. The van der Waals surface area contributed by atoms with Gasteiger partial charge >= 0.3 is 0 Å². The Morgan fingerprint density at radius 1 is 0.936 bits per heavy atom. The summed E-state index contributed by atoms with van der Waals surface area (Å²) in [7, 11) is 0. The number of nitrogens with zero attached hydrogens (tertiary/aromatic N) is 3. The van der Waals surface area contributed by atoms with Gasteiger partial charge in [0.15, 0.2) is 5.78 Å². The summed E-state index contributed by atoms with van der Waals surface area (Å²) in [6.45, 7) is 1.54. The van der Waals surface area contributed by atoms with Crippen LogP contribution in [0.15, 0.2) is 91.3 Å². The molecule has 0 amide bonds. The lowest BCUT2D eigenvalue weighted by Crippen LogP contribution is -2.62. The van der Waals surface area contributed by atoms with Crippen LogP contribution in [0.5, 0.6) is 5.75 Å². The maximum Gasteiger partial charge on any atom is 0.159 e. The number of ether oxygens (including phenoxy) is 2. The van der Waals surface area contributed by atoms with Gasteiger partial charge in [0, 0.05) is 35.6 Å². The van der Waals surface area contributed by atoms with Crippen LogP contribution in [0, 0.1) is 11.3 Å². The van der Waals surface area contributed by atoms with Crippen LogP contribution < -0.4 is 10.1 Å². The minimum Gasteiger partial charge on any atom is -0.492 e. The number of hydrogen-bond donors (Lipinski definition) is 5. The second kappa shape index (κ2) is 13.8. The minimum absolute atomic E-state index is 0.00986. The zero-order chi connectivity index (χ0) is 33.1. The van der Waals surface area contributed by atoms with Crippen LogP contribution in [0.1, 0.15) is 22.8 Å². The summed E-state index contributed by atoms with van der Waals surface area (Å²) in [5.74, 6) is 0.600. The van der Waals surface area contributed by atoms with E-state index in [1.807, 2.05) is 77.5 Å². The molecular formula is C36H34N4O7. The number of hydrogen-bond acceptors (Lipinski definition) is 10. The van der Waals surface area contributed by atoms with Crippen molar-refractivity contribution in [2.75, 3.05) is 19.8 Å². The molecule has 11 nitrogen and oxygen atoms in total. The van der Waals surface area contributed by atoms with Crippen molar-refractivity contribution in [1.82, 2.24) is 14.7 Å². The average Bonchev–Trinajstić information content (AvgIpc) is 3.54. The van der Waals surface area contributed by atoms with Crippen molar-refractivity contribution in [3.8, 4) is 45.3 Å². The van der Waals surface area contributed by atoms with E-state index >= 15 is 0 Å². The van der Waals surface area contributed by atoms with E-state index in [0.717, 1.165) is 39.2 Å². The van der Waals surface area contributed by atoms with E-state index in [-0.39, 0.29) is 18.9 Å². The zero-order valence-electron chi connectivity index (χ0n) is 25.5. The maximum absolute atomic E-state index is 11.9. The quantitative estimate of drug-likeness (QED) is 0.114. The number of nitriles is 1. The number of aliphatic hydroxyl groups is 4. The van der Waals surface area contributed by atoms with E-state index < -0.39 is 37.3 Å². The van der Waals surface area contributed by atoms with E-state index in [9.17, 15) is 30.5 Å². The molecule has 0 aliphatic carbocycles. The van der Waals surface area contributed by atoms with Gasteiger partial charge < -0.3 is 34.3 Å². The van der Waals surface area contributed by atoms with Crippen molar-refractivity contribution in [1.29, 1.82) is 5.26 Å². The molecule has 5 aromatic rings. The third-order valence-electron chi connectivity index (χ3n) is 8.24.